The molecule has 5 nitrogen and oxygen atoms in total. The fourth-order valence-corrected chi connectivity index (χ4v) is 4.70. The summed E-state index contributed by atoms with van der Waals surface area (Å²) >= 11 is 6.13. The standard InChI is InChI=1S/C21H28ClNO4/c1-13(2)18(15-4-3-5-16(22)12-15)20(24)23-9-6-14(7-10-23)19-17(21(25)26)8-11-27-19/h3-5,12-14,17-19H,6-11H2,1-2H3,(H,25,26)/t17?,18?,19-/m0/s1. The summed E-state index contributed by atoms with van der Waals surface area (Å²) in [6.45, 7) is 5.93. The van der Waals surface area contributed by atoms with E-state index < -0.39 is 11.9 Å². The highest BCUT2D eigenvalue weighted by Crippen LogP contribution is 2.35. The highest BCUT2D eigenvalue weighted by Gasteiger charge is 2.41. The average Bonchev–Trinajstić information content (AvgIpc) is 3.12. The molecule has 1 aromatic rings. The summed E-state index contributed by atoms with van der Waals surface area (Å²) in [5.41, 5.74) is 0.953. The van der Waals surface area contributed by atoms with E-state index in [0.717, 1.165) is 18.4 Å². The highest BCUT2D eigenvalue weighted by atomic mass is 35.5. The van der Waals surface area contributed by atoms with Crippen molar-refractivity contribution in [1.29, 1.82) is 0 Å². The van der Waals surface area contributed by atoms with Crippen LogP contribution in [0.4, 0.5) is 0 Å². The van der Waals surface area contributed by atoms with Crippen molar-refractivity contribution in [2.75, 3.05) is 19.7 Å². The van der Waals surface area contributed by atoms with Gasteiger partial charge in [0.15, 0.2) is 0 Å². The van der Waals surface area contributed by atoms with Crippen LogP contribution in [0.1, 0.15) is 44.6 Å². The monoisotopic (exact) mass is 393 g/mol. The summed E-state index contributed by atoms with van der Waals surface area (Å²) in [5.74, 6) is -0.879. The normalized spacial score (nSPS) is 25.0. The molecule has 0 bridgehead atoms. The van der Waals surface area contributed by atoms with E-state index in [-0.39, 0.29) is 29.8 Å². The number of benzene rings is 1. The second-order valence-corrected chi connectivity index (χ2v) is 8.44. The van der Waals surface area contributed by atoms with Gasteiger partial charge in [0.05, 0.1) is 17.9 Å². The summed E-state index contributed by atoms with van der Waals surface area (Å²) in [4.78, 5) is 26.6. The molecule has 3 rings (SSSR count). The molecule has 0 aromatic heterocycles. The maximum absolute atomic E-state index is 13.2. The number of halogens is 1. The van der Waals surface area contributed by atoms with Crippen molar-refractivity contribution in [3.63, 3.8) is 0 Å². The van der Waals surface area contributed by atoms with Crippen molar-refractivity contribution in [3.8, 4) is 0 Å². The summed E-state index contributed by atoms with van der Waals surface area (Å²) in [6, 6.07) is 7.54. The number of rotatable bonds is 5. The third kappa shape index (κ3) is 4.46. The number of ether oxygens (including phenoxy) is 1. The van der Waals surface area contributed by atoms with Crippen LogP contribution in [0, 0.1) is 17.8 Å². The number of carbonyl (C=O) groups excluding carboxylic acids is 1. The Balaban J connectivity index is 1.65. The molecule has 27 heavy (non-hydrogen) atoms. The van der Waals surface area contributed by atoms with Gasteiger partial charge in [-0.2, -0.15) is 0 Å². The molecule has 2 aliphatic heterocycles. The van der Waals surface area contributed by atoms with Gasteiger partial charge in [0.2, 0.25) is 5.91 Å². The van der Waals surface area contributed by atoms with Crippen molar-refractivity contribution in [3.05, 3.63) is 34.9 Å². The molecule has 2 unspecified atom stereocenters. The lowest BCUT2D eigenvalue weighted by atomic mass is 9.82. The molecule has 6 heteroatoms. The summed E-state index contributed by atoms with van der Waals surface area (Å²) in [5, 5.41) is 10.0. The molecule has 2 saturated heterocycles. The van der Waals surface area contributed by atoms with Crippen LogP contribution in [0.3, 0.4) is 0 Å². The molecule has 2 heterocycles. The van der Waals surface area contributed by atoms with Gasteiger partial charge in [-0.25, -0.2) is 0 Å². The Kier molecular flexibility index (Phi) is 6.43. The van der Waals surface area contributed by atoms with Gasteiger partial charge in [0.25, 0.3) is 0 Å². The van der Waals surface area contributed by atoms with Gasteiger partial charge in [-0.1, -0.05) is 37.6 Å². The molecule has 3 atom stereocenters. The molecule has 2 aliphatic rings. The molecule has 148 valence electrons. The zero-order valence-electron chi connectivity index (χ0n) is 15.9. The third-order valence-electron chi connectivity index (χ3n) is 5.91. The lowest BCUT2D eigenvalue weighted by Gasteiger charge is -2.37. The number of likely N-dealkylation sites (tertiary alicyclic amines) is 1. The van der Waals surface area contributed by atoms with E-state index in [0.29, 0.717) is 31.1 Å². The first-order valence-electron chi connectivity index (χ1n) is 9.77. The van der Waals surface area contributed by atoms with Crippen LogP contribution >= 0.6 is 11.6 Å². The van der Waals surface area contributed by atoms with E-state index in [4.69, 9.17) is 16.3 Å². The Bertz CT molecular complexity index is 685. The number of piperidine rings is 1. The second-order valence-electron chi connectivity index (χ2n) is 8.01. The van der Waals surface area contributed by atoms with E-state index in [1.807, 2.05) is 29.2 Å². The van der Waals surface area contributed by atoms with Gasteiger partial charge in [-0.3, -0.25) is 9.59 Å². The van der Waals surface area contributed by atoms with Gasteiger partial charge in [-0.15, -0.1) is 0 Å². The van der Waals surface area contributed by atoms with Crippen molar-refractivity contribution in [1.82, 2.24) is 4.90 Å². The number of carboxylic acid groups (broad SMARTS) is 1. The van der Waals surface area contributed by atoms with E-state index >= 15 is 0 Å². The van der Waals surface area contributed by atoms with E-state index in [9.17, 15) is 14.7 Å². The van der Waals surface area contributed by atoms with Gasteiger partial charge >= 0.3 is 5.97 Å². The van der Waals surface area contributed by atoms with Crippen LogP contribution in [0.2, 0.25) is 5.02 Å². The van der Waals surface area contributed by atoms with Crippen LogP contribution in [0.25, 0.3) is 0 Å². The topological polar surface area (TPSA) is 66.8 Å². The molecule has 1 amide bonds. The van der Waals surface area contributed by atoms with Crippen LogP contribution in [-0.2, 0) is 14.3 Å². The molecule has 0 radical (unpaired) electrons. The first-order valence-corrected chi connectivity index (χ1v) is 10.1. The van der Waals surface area contributed by atoms with Crippen LogP contribution in [-0.4, -0.2) is 47.7 Å². The summed E-state index contributed by atoms with van der Waals surface area (Å²) in [7, 11) is 0. The average molecular weight is 394 g/mol. The number of carbonyl (C=O) groups is 2. The first kappa shape index (κ1) is 20.2. The van der Waals surface area contributed by atoms with Gasteiger partial charge in [-0.05, 0) is 48.8 Å². The molecule has 0 saturated carbocycles. The number of hydrogen-bond acceptors (Lipinski definition) is 3. The summed E-state index contributed by atoms with van der Waals surface area (Å²) in [6.07, 6.45) is 1.96. The fraction of sp³-hybridized carbons (Fsp3) is 0.619. The second kappa shape index (κ2) is 8.61. The van der Waals surface area contributed by atoms with Gasteiger partial charge < -0.3 is 14.7 Å². The van der Waals surface area contributed by atoms with E-state index in [1.54, 1.807) is 0 Å². The predicted molar refractivity (Wildman–Crippen MR) is 104 cm³/mol. The van der Waals surface area contributed by atoms with Gasteiger partial charge in [0, 0.05) is 24.7 Å². The number of nitrogens with zero attached hydrogens (tertiary/aromatic N) is 1. The Labute approximate surface area is 165 Å². The minimum absolute atomic E-state index is 0.132. The van der Waals surface area contributed by atoms with E-state index in [2.05, 4.69) is 13.8 Å². The lowest BCUT2D eigenvalue weighted by molar-refractivity contribution is -0.146. The smallest absolute Gasteiger partial charge is 0.309 e. The zero-order chi connectivity index (χ0) is 19.6. The van der Waals surface area contributed by atoms with Crippen LogP contribution in [0.5, 0.6) is 0 Å². The number of carboxylic acids is 1. The fourth-order valence-electron chi connectivity index (χ4n) is 4.50. The number of hydrogen-bond donors (Lipinski definition) is 1. The molecule has 0 aliphatic carbocycles. The van der Waals surface area contributed by atoms with Crippen molar-refractivity contribution in [2.45, 2.75) is 45.1 Å². The molecule has 0 spiro atoms. The molecular formula is C21H28ClNO4. The Morgan fingerprint density at radius 2 is 1.93 bits per heavy atom. The van der Waals surface area contributed by atoms with Crippen LogP contribution < -0.4 is 0 Å². The SMILES string of the molecule is CC(C)C(C(=O)N1CCC([C@@H]2OCCC2C(=O)O)CC1)c1cccc(Cl)c1. The Morgan fingerprint density at radius 3 is 2.52 bits per heavy atom. The summed E-state index contributed by atoms with van der Waals surface area (Å²) < 4.78 is 5.73. The van der Waals surface area contributed by atoms with Crippen molar-refractivity contribution in [2.24, 2.45) is 17.8 Å². The van der Waals surface area contributed by atoms with Gasteiger partial charge in [0.1, 0.15) is 0 Å². The van der Waals surface area contributed by atoms with Crippen molar-refractivity contribution < 1.29 is 19.4 Å². The number of aliphatic carboxylic acids is 1. The van der Waals surface area contributed by atoms with Crippen molar-refractivity contribution >= 4 is 23.5 Å². The largest absolute Gasteiger partial charge is 0.481 e. The zero-order valence-corrected chi connectivity index (χ0v) is 16.7. The maximum atomic E-state index is 13.2. The maximum Gasteiger partial charge on any atom is 0.309 e. The lowest BCUT2D eigenvalue weighted by Crippen LogP contribution is -2.45. The predicted octanol–water partition coefficient (Wildman–Crippen LogP) is 3.81. The van der Waals surface area contributed by atoms with E-state index in [1.165, 1.54) is 0 Å². The minimum Gasteiger partial charge on any atom is -0.481 e. The third-order valence-corrected chi connectivity index (χ3v) is 6.14. The molecule has 1 N–H and O–H groups in total. The Hall–Kier alpha value is -1.59. The highest BCUT2D eigenvalue weighted by molar-refractivity contribution is 6.30. The molecule has 1 aromatic carbocycles. The van der Waals surface area contributed by atoms with Crippen LogP contribution in [0.15, 0.2) is 24.3 Å². The molecule has 2 fully saturated rings. The number of amides is 1. The first-order chi connectivity index (χ1) is 12.9. The molecular weight excluding hydrogens is 366 g/mol. The quantitative estimate of drug-likeness (QED) is 0.826. The minimum atomic E-state index is -0.767. The Morgan fingerprint density at radius 1 is 1.22 bits per heavy atom.